The summed E-state index contributed by atoms with van der Waals surface area (Å²) in [4.78, 5) is 43.6. The van der Waals surface area contributed by atoms with Crippen LogP contribution in [0.5, 0.6) is 0 Å². The Morgan fingerprint density at radius 2 is 1.50 bits per heavy atom. The molecule has 0 fully saturated rings. The Labute approximate surface area is 139 Å². The molecule has 1 heterocycles. The van der Waals surface area contributed by atoms with E-state index in [4.69, 9.17) is 4.84 Å². The third kappa shape index (κ3) is 2.91. The molecule has 0 saturated carbocycles. The van der Waals surface area contributed by atoms with E-state index in [1.165, 1.54) is 12.1 Å². The molecule has 24 heavy (non-hydrogen) atoms. The van der Waals surface area contributed by atoms with Crippen LogP contribution in [0.1, 0.15) is 36.6 Å². The fourth-order valence-corrected chi connectivity index (χ4v) is 2.50. The summed E-state index contributed by atoms with van der Waals surface area (Å²) in [6.45, 7) is 0.744. The van der Waals surface area contributed by atoms with E-state index in [2.05, 4.69) is 0 Å². The van der Waals surface area contributed by atoms with E-state index < -0.39 is 17.8 Å². The second-order valence-electron chi connectivity index (χ2n) is 5.76. The van der Waals surface area contributed by atoms with Crippen molar-refractivity contribution in [2.45, 2.75) is 6.54 Å². The van der Waals surface area contributed by atoms with Crippen LogP contribution in [-0.2, 0) is 11.4 Å². The fourth-order valence-electron chi connectivity index (χ4n) is 2.50. The molecule has 0 radical (unpaired) electrons. The van der Waals surface area contributed by atoms with Crippen molar-refractivity contribution in [2.24, 2.45) is 0 Å². The average Bonchev–Trinajstić information content (AvgIpc) is 2.80. The van der Waals surface area contributed by atoms with Crippen molar-refractivity contribution in [1.29, 1.82) is 0 Å². The van der Waals surface area contributed by atoms with E-state index in [1.807, 2.05) is 19.0 Å². The molecule has 1 aliphatic rings. The molecule has 0 aliphatic carbocycles. The maximum Gasteiger partial charge on any atom is 0.363 e. The molecule has 0 spiro atoms. The number of fused-ring (bicyclic) bond motifs is 1. The molecule has 0 unspecified atom stereocenters. The number of hydroxylamine groups is 2. The van der Waals surface area contributed by atoms with E-state index in [9.17, 15) is 14.4 Å². The molecule has 2 aromatic rings. The first kappa shape index (κ1) is 15.9. The standard InChI is InChI=1S/C18H16N2O4/c1-19(2)11-12-7-9-13(10-8-12)18(23)24-20-16(21)14-5-3-4-6-15(14)17(20)22/h3-10H,11H2,1-2H3. The van der Waals surface area contributed by atoms with Crippen LogP contribution in [-0.4, -0.2) is 41.8 Å². The summed E-state index contributed by atoms with van der Waals surface area (Å²) in [5.74, 6) is -2.01. The second-order valence-corrected chi connectivity index (χ2v) is 5.76. The summed E-state index contributed by atoms with van der Waals surface area (Å²) in [5, 5.41) is 0.515. The smallest absolute Gasteiger partial charge is 0.324 e. The largest absolute Gasteiger partial charge is 0.363 e. The molecule has 122 valence electrons. The molecule has 6 nitrogen and oxygen atoms in total. The maximum atomic E-state index is 12.2. The molecule has 0 bridgehead atoms. The Morgan fingerprint density at radius 3 is 2.00 bits per heavy atom. The van der Waals surface area contributed by atoms with E-state index >= 15 is 0 Å². The molecule has 2 aromatic carbocycles. The van der Waals surface area contributed by atoms with Gasteiger partial charge < -0.3 is 9.74 Å². The van der Waals surface area contributed by atoms with E-state index in [0.717, 1.165) is 12.1 Å². The molecule has 0 N–H and O–H groups in total. The van der Waals surface area contributed by atoms with Gasteiger partial charge in [0.15, 0.2) is 0 Å². The predicted octanol–water partition coefficient (Wildman–Crippen LogP) is 2.12. The van der Waals surface area contributed by atoms with Gasteiger partial charge in [0.1, 0.15) is 0 Å². The topological polar surface area (TPSA) is 66.9 Å². The fraction of sp³-hybridized carbons (Fsp3) is 0.167. The van der Waals surface area contributed by atoms with Crippen LogP contribution in [0.25, 0.3) is 0 Å². The number of rotatable bonds is 4. The molecule has 3 rings (SSSR count). The van der Waals surface area contributed by atoms with E-state index in [0.29, 0.717) is 5.06 Å². The Balaban J connectivity index is 1.74. The SMILES string of the molecule is CN(C)Cc1ccc(C(=O)ON2C(=O)c3ccccc3C2=O)cc1. The highest BCUT2D eigenvalue weighted by Gasteiger charge is 2.38. The van der Waals surface area contributed by atoms with Gasteiger partial charge in [-0.15, -0.1) is 0 Å². The number of benzene rings is 2. The summed E-state index contributed by atoms with van der Waals surface area (Å²) in [6.07, 6.45) is 0. The molecule has 6 heteroatoms. The van der Waals surface area contributed by atoms with Crippen LogP contribution in [0, 0.1) is 0 Å². The summed E-state index contributed by atoms with van der Waals surface area (Å²) in [5.41, 5.74) is 1.78. The maximum absolute atomic E-state index is 12.2. The number of amides is 2. The highest BCUT2D eigenvalue weighted by atomic mass is 16.7. The number of hydrogen-bond acceptors (Lipinski definition) is 5. The van der Waals surface area contributed by atoms with Gasteiger partial charge in [-0.25, -0.2) is 4.79 Å². The molecule has 1 aliphatic heterocycles. The lowest BCUT2D eigenvalue weighted by atomic mass is 10.1. The predicted molar refractivity (Wildman–Crippen MR) is 86.2 cm³/mol. The van der Waals surface area contributed by atoms with Crippen molar-refractivity contribution in [3.8, 4) is 0 Å². The molecule has 0 aromatic heterocycles. The van der Waals surface area contributed by atoms with Crippen LogP contribution in [0.2, 0.25) is 0 Å². The zero-order valence-electron chi connectivity index (χ0n) is 13.4. The Bertz CT molecular complexity index is 777. The molecular formula is C18H16N2O4. The lowest BCUT2D eigenvalue weighted by molar-refractivity contribution is -0.0584. The van der Waals surface area contributed by atoms with Gasteiger partial charge in [0, 0.05) is 6.54 Å². The first-order valence-electron chi connectivity index (χ1n) is 7.41. The first-order valence-corrected chi connectivity index (χ1v) is 7.41. The summed E-state index contributed by atoms with van der Waals surface area (Å²) in [6, 6.07) is 13.2. The number of nitrogens with zero attached hydrogens (tertiary/aromatic N) is 2. The minimum Gasteiger partial charge on any atom is -0.324 e. The van der Waals surface area contributed by atoms with Gasteiger partial charge in [0.25, 0.3) is 11.8 Å². The van der Waals surface area contributed by atoms with Crippen molar-refractivity contribution in [3.05, 3.63) is 70.8 Å². The monoisotopic (exact) mass is 324 g/mol. The summed E-state index contributed by atoms with van der Waals surface area (Å²) >= 11 is 0. The second kappa shape index (κ2) is 6.25. The molecule has 0 saturated heterocycles. The van der Waals surface area contributed by atoms with Crippen LogP contribution in [0.15, 0.2) is 48.5 Å². The van der Waals surface area contributed by atoms with Gasteiger partial charge in [-0.1, -0.05) is 29.3 Å². The molecule has 0 atom stereocenters. The number of carbonyl (C=O) groups excluding carboxylic acids is 3. The zero-order chi connectivity index (χ0) is 17.3. The third-order valence-corrected chi connectivity index (χ3v) is 3.62. The number of hydrogen-bond donors (Lipinski definition) is 0. The number of carbonyl (C=O) groups is 3. The quantitative estimate of drug-likeness (QED) is 0.806. The minimum atomic E-state index is -0.749. The Hall–Kier alpha value is -2.99. The van der Waals surface area contributed by atoms with E-state index in [1.54, 1.807) is 36.4 Å². The first-order chi connectivity index (χ1) is 11.5. The van der Waals surface area contributed by atoms with Gasteiger partial charge >= 0.3 is 5.97 Å². The zero-order valence-corrected chi connectivity index (χ0v) is 13.4. The normalized spacial score (nSPS) is 13.4. The summed E-state index contributed by atoms with van der Waals surface area (Å²) in [7, 11) is 3.90. The van der Waals surface area contributed by atoms with Crippen molar-refractivity contribution in [1.82, 2.24) is 9.96 Å². The van der Waals surface area contributed by atoms with Crippen LogP contribution < -0.4 is 0 Å². The average molecular weight is 324 g/mol. The third-order valence-electron chi connectivity index (χ3n) is 3.62. The van der Waals surface area contributed by atoms with Gasteiger partial charge in [-0.05, 0) is 43.9 Å². The van der Waals surface area contributed by atoms with Crippen molar-refractivity contribution >= 4 is 17.8 Å². The van der Waals surface area contributed by atoms with Crippen LogP contribution >= 0.6 is 0 Å². The van der Waals surface area contributed by atoms with Crippen molar-refractivity contribution < 1.29 is 19.2 Å². The lowest BCUT2D eigenvalue weighted by Gasteiger charge is -2.13. The lowest BCUT2D eigenvalue weighted by Crippen LogP contribution is -2.32. The highest BCUT2D eigenvalue weighted by molar-refractivity contribution is 6.21. The van der Waals surface area contributed by atoms with Crippen LogP contribution in [0.3, 0.4) is 0 Å². The Morgan fingerprint density at radius 1 is 0.958 bits per heavy atom. The van der Waals surface area contributed by atoms with Gasteiger partial charge in [-0.2, -0.15) is 0 Å². The number of imide groups is 1. The van der Waals surface area contributed by atoms with E-state index in [-0.39, 0.29) is 16.7 Å². The van der Waals surface area contributed by atoms with Crippen LogP contribution in [0.4, 0.5) is 0 Å². The summed E-state index contributed by atoms with van der Waals surface area (Å²) < 4.78 is 0. The van der Waals surface area contributed by atoms with Gasteiger partial charge in [0.05, 0.1) is 16.7 Å². The van der Waals surface area contributed by atoms with Gasteiger partial charge in [-0.3, -0.25) is 9.59 Å². The Kier molecular flexibility index (Phi) is 4.14. The minimum absolute atomic E-state index is 0.233. The highest BCUT2D eigenvalue weighted by Crippen LogP contribution is 2.23. The van der Waals surface area contributed by atoms with Gasteiger partial charge in [0.2, 0.25) is 0 Å². The van der Waals surface area contributed by atoms with Crippen molar-refractivity contribution in [3.63, 3.8) is 0 Å². The van der Waals surface area contributed by atoms with Crippen molar-refractivity contribution in [2.75, 3.05) is 14.1 Å². The molecule has 2 amide bonds. The molecular weight excluding hydrogens is 308 g/mol.